The van der Waals surface area contributed by atoms with Crippen molar-refractivity contribution >= 4 is 0 Å². The SMILES string of the molecule is CCNCC(C)c1nnc(C)n1-c1ccccc1. The van der Waals surface area contributed by atoms with Gasteiger partial charge in [-0.25, -0.2) is 0 Å². The first kappa shape index (κ1) is 12.8. The summed E-state index contributed by atoms with van der Waals surface area (Å²) in [5.41, 5.74) is 1.12. The van der Waals surface area contributed by atoms with Crippen molar-refractivity contribution in [3.05, 3.63) is 42.0 Å². The van der Waals surface area contributed by atoms with Crippen LogP contribution in [0.2, 0.25) is 0 Å². The molecule has 0 fully saturated rings. The minimum atomic E-state index is 0.339. The molecule has 0 aliphatic carbocycles. The van der Waals surface area contributed by atoms with Gasteiger partial charge in [0.25, 0.3) is 0 Å². The molecule has 0 radical (unpaired) electrons. The monoisotopic (exact) mass is 244 g/mol. The summed E-state index contributed by atoms with van der Waals surface area (Å²) in [4.78, 5) is 0. The van der Waals surface area contributed by atoms with E-state index in [9.17, 15) is 0 Å². The Balaban J connectivity index is 2.33. The van der Waals surface area contributed by atoms with Crippen molar-refractivity contribution in [3.8, 4) is 5.69 Å². The van der Waals surface area contributed by atoms with Gasteiger partial charge >= 0.3 is 0 Å². The van der Waals surface area contributed by atoms with Gasteiger partial charge in [0, 0.05) is 18.2 Å². The molecule has 0 spiro atoms. The van der Waals surface area contributed by atoms with Crippen LogP contribution in [0.5, 0.6) is 0 Å². The van der Waals surface area contributed by atoms with Crippen LogP contribution in [0, 0.1) is 6.92 Å². The Morgan fingerprint density at radius 1 is 1.22 bits per heavy atom. The summed E-state index contributed by atoms with van der Waals surface area (Å²) in [6.07, 6.45) is 0. The predicted molar refractivity (Wildman–Crippen MR) is 73.1 cm³/mol. The number of hydrogen-bond donors (Lipinski definition) is 1. The van der Waals surface area contributed by atoms with Crippen LogP contribution in [0.4, 0.5) is 0 Å². The number of para-hydroxylation sites is 1. The highest BCUT2D eigenvalue weighted by molar-refractivity contribution is 5.34. The fourth-order valence-corrected chi connectivity index (χ4v) is 2.05. The summed E-state index contributed by atoms with van der Waals surface area (Å²) in [6.45, 7) is 8.17. The molecule has 1 N–H and O–H groups in total. The van der Waals surface area contributed by atoms with E-state index < -0.39 is 0 Å². The lowest BCUT2D eigenvalue weighted by molar-refractivity contribution is 0.598. The average molecular weight is 244 g/mol. The summed E-state index contributed by atoms with van der Waals surface area (Å²) in [5, 5.41) is 11.9. The Hall–Kier alpha value is -1.68. The van der Waals surface area contributed by atoms with Gasteiger partial charge in [0.15, 0.2) is 0 Å². The topological polar surface area (TPSA) is 42.7 Å². The van der Waals surface area contributed by atoms with Gasteiger partial charge in [-0.1, -0.05) is 32.0 Å². The van der Waals surface area contributed by atoms with Gasteiger partial charge in [-0.2, -0.15) is 0 Å². The first-order valence-electron chi connectivity index (χ1n) is 6.42. The molecule has 4 heteroatoms. The van der Waals surface area contributed by atoms with E-state index in [-0.39, 0.29) is 0 Å². The molecule has 1 atom stereocenters. The third-order valence-electron chi connectivity index (χ3n) is 3.01. The minimum Gasteiger partial charge on any atom is -0.316 e. The van der Waals surface area contributed by atoms with Gasteiger partial charge in [0.05, 0.1) is 0 Å². The molecule has 0 amide bonds. The van der Waals surface area contributed by atoms with E-state index in [1.165, 1.54) is 0 Å². The fourth-order valence-electron chi connectivity index (χ4n) is 2.05. The Morgan fingerprint density at radius 3 is 2.61 bits per heavy atom. The second-order valence-corrected chi connectivity index (χ2v) is 4.49. The number of rotatable bonds is 5. The first-order chi connectivity index (χ1) is 8.74. The molecule has 0 bridgehead atoms. The predicted octanol–water partition coefficient (Wildman–Crippen LogP) is 2.29. The van der Waals surface area contributed by atoms with Gasteiger partial charge in [-0.15, -0.1) is 10.2 Å². The highest BCUT2D eigenvalue weighted by Gasteiger charge is 2.16. The van der Waals surface area contributed by atoms with Crippen molar-refractivity contribution in [2.24, 2.45) is 0 Å². The summed E-state index contributed by atoms with van der Waals surface area (Å²) in [5.74, 6) is 2.28. The van der Waals surface area contributed by atoms with E-state index in [1.54, 1.807) is 0 Å². The van der Waals surface area contributed by atoms with E-state index in [0.717, 1.165) is 30.4 Å². The van der Waals surface area contributed by atoms with Crippen LogP contribution in [-0.4, -0.2) is 27.9 Å². The molecule has 0 aliphatic heterocycles. The normalized spacial score (nSPS) is 12.6. The lowest BCUT2D eigenvalue weighted by Crippen LogP contribution is -2.21. The Kier molecular flexibility index (Phi) is 4.10. The van der Waals surface area contributed by atoms with E-state index in [1.807, 2.05) is 25.1 Å². The van der Waals surface area contributed by atoms with Crippen molar-refractivity contribution < 1.29 is 0 Å². The average Bonchev–Trinajstić information content (AvgIpc) is 2.79. The number of aryl methyl sites for hydroxylation is 1. The second kappa shape index (κ2) is 5.78. The standard InChI is InChI=1S/C14H20N4/c1-4-15-10-11(2)14-17-16-12(3)18(14)13-8-6-5-7-9-13/h5-9,11,15H,4,10H2,1-3H3. The van der Waals surface area contributed by atoms with Gasteiger partial charge in [0.1, 0.15) is 11.6 Å². The van der Waals surface area contributed by atoms with Gasteiger partial charge < -0.3 is 5.32 Å². The number of likely N-dealkylation sites (N-methyl/N-ethyl adjacent to an activating group) is 1. The molecule has 2 rings (SSSR count). The third-order valence-corrected chi connectivity index (χ3v) is 3.01. The number of hydrogen-bond acceptors (Lipinski definition) is 3. The Morgan fingerprint density at radius 2 is 1.94 bits per heavy atom. The summed E-state index contributed by atoms with van der Waals surface area (Å²) >= 11 is 0. The lowest BCUT2D eigenvalue weighted by atomic mass is 10.1. The molecule has 1 heterocycles. The molecule has 4 nitrogen and oxygen atoms in total. The van der Waals surface area contributed by atoms with Gasteiger partial charge in [-0.3, -0.25) is 4.57 Å². The molecular formula is C14H20N4. The smallest absolute Gasteiger partial charge is 0.141 e. The molecule has 0 saturated carbocycles. The minimum absolute atomic E-state index is 0.339. The highest BCUT2D eigenvalue weighted by Crippen LogP contribution is 2.18. The highest BCUT2D eigenvalue weighted by atomic mass is 15.3. The summed E-state index contributed by atoms with van der Waals surface area (Å²) in [6, 6.07) is 10.3. The Labute approximate surface area is 108 Å². The zero-order chi connectivity index (χ0) is 13.0. The van der Waals surface area contributed by atoms with Crippen molar-refractivity contribution in [1.29, 1.82) is 0 Å². The number of aromatic nitrogens is 3. The first-order valence-corrected chi connectivity index (χ1v) is 6.42. The van der Waals surface area contributed by atoms with Crippen LogP contribution < -0.4 is 5.32 Å². The zero-order valence-electron chi connectivity index (χ0n) is 11.2. The molecule has 18 heavy (non-hydrogen) atoms. The summed E-state index contributed by atoms with van der Waals surface area (Å²) in [7, 11) is 0. The van der Waals surface area contributed by atoms with Crippen LogP contribution in [0.1, 0.15) is 31.4 Å². The molecule has 0 saturated heterocycles. The maximum absolute atomic E-state index is 4.32. The second-order valence-electron chi connectivity index (χ2n) is 4.49. The van der Waals surface area contributed by atoms with Crippen LogP contribution in [0.3, 0.4) is 0 Å². The quantitative estimate of drug-likeness (QED) is 0.877. The fraction of sp³-hybridized carbons (Fsp3) is 0.429. The van der Waals surface area contributed by atoms with E-state index in [2.05, 4.69) is 46.1 Å². The number of nitrogens with zero attached hydrogens (tertiary/aromatic N) is 3. The zero-order valence-corrected chi connectivity index (χ0v) is 11.2. The maximum Gasteiger partial charge on any atom is 0.141 e. The molecule has 1 aromatic carbocycles. The molecule has 2 aromatic rings. The van der Waals surface area contributed by atoms with Crippen LogP contribution in [0.25, 0.3) is 5.69 Å². The molecule has 96 valence electrons. The third kappa shape index (κ3) is 2.59. The van der Waals surface area contributed by atoms with E-state index >= 15 is 0 Å². The van der Waals surface area contributed by atoms with Crippen molar-refractivity contribution in [1.82, 2.24) is 20.1 Å². The molecule has 1 unspecified atom stereocenters. The number of nitrogens with one attached hydrogen (secondary N) is 1. The van der Waals surface area contributed by atoms with Gasteiger partial charge in [0.2, 0.25) is 0 Å². The van der Waals surface area contributed by atoms with Crippen molar-refractivity contribution in [2.45, 2.75) is 26.7 Å². The number of benzene rings is 1. The molecular weight excluding hydrogens is 224 g/mol. The van der Waals surface area contributed by atoms with E-state index in [4.69, 9.17) is 0 Å². The van der Waals surface area contributed by atoms with Crippen LogP contribution in [-0.2, 0) is 0 Å². The summed E-state index contributed by atoms with van der Waals surface area (Å²) < 4.78 is 2.13. The largest absolute Gasteiger partial charge is 0.316 e. The van der Waals surface area contributed by atoms with Crippen molar-refractivity contribution in [2.75, 3.05) is 13.1 Å². The van der Waals surface area contributed by atoms with Crippen LogP contribution in [0.15, 0.2) is 30.3 Å². The van der Waals surface area contributed by atoms with E-state index in [0.29, 0.717) is 5.92 Å². The maximum atomic E-state index is 4.32. The molecule has 1 aromatic heterocycles. The Bertz CT molecular complexity index is 490. The lowest BCUT2D eigenvalue weighted by Gasteiger charge is -2.14. The van der Waals surface area contributed by atoms with Crippen LogP contribution >= 0.6 is 0 Å². The van der Waals surface area contributed by atoms with Crippen molar-refractivity contribution in [3.63, 3.8) is 0 Å². The van der Waals surface area contributed by atoms with Gasteiger partial charge in [-0.05, 0) is 25.6 Å². The molecule has 0 aliphatic rings.